The van der Waals surface area contributed by atoms with Gasteiger partial charge < -0.3 is 16.8 Å². The molecule has 5 nitrogen and oxygen atoms in total. The van der Waals surface area contributed by atoms with Gasteiger partial charge in [-0.3, -0.25) is 9.59 Å². The average Bonchev–Trinajstić information content (AvgIpc) is 2.49. The molecule has 0 saturated heterocycles. The Bertz CT molecular complexity index is 389. The van der Waals surface area contributed by atoms with Crippen molar-refractivity contribution in [2.45, 2.75) is 85.7 Å². The number of Topliss-reactive ketones (excluding diaryl/α,β-unsaturated/α-hetero) is 1. The van der Waals surface area contributed by atoms with Crippen molar-refractivity contribution >= 4 is 11.7 Å². The fourth-order valence-corrected chi connectivity index (χ4v) is 2.59. The molecule has 0 heterocycles. The third kappa shape index (κ3) is 8.78. The van der Waals surface area contributed by atoms with Crippen molar-refractivity contribution in [2.75, 3.05) is 6.54 Å². The molecule has 0 aliphatic carbocycles. The summed E-state index contributed by atoms with van der Waals surface area (Å²) in [5.74, 6) is 0.521. The van der Waals surface area contributed by atoms with Gasteiger partial charge in [0.25, 0.3) is 0 Å². The van der Waals surface area contributed by atoms with Gasteiger partial charge in [-0.1, -0.05) is 48.0 Å². The highest BCUT2D eigenvalue weighted by molar-refractivity contribution is 5.93. The van der Waals surface area contributed by atoms with E-state index in [0.29, 0.717) is 18.9 Å². The predicted molar refractivity (Wildman–Crippen MR) is 101 cm³/mol. The van der Waals surface area contributed by atoms with Crippen molar-refractivity contribution in [1.29, 1.82) is 0 Å². The molecular weight excluding hydrogens is 302 g/mol. The Labute approximate surface area is 148 Å². The largest absolute Gasteiger partial charge is 0.345 e. The Balaban J connectivity index is 4.80. The quantitative estimate of drug-likeness (QED) is 0.503. The summed E-state index contributed by atoms with van der Waals surface area (Å²) in [5, 5.41) is 2.90. The average molecular weight is 342 g/mol. The van der Waals surface area contributed by atoms with Crippen LogP contribution in [0.3, 0.4) is 0 Å². The minimum atomic E-state index is -0.575. The number of nitrogens with one attached hydrogen (secondary N) is 1. The van der Waals surface area contributed by atoms with Crippen molar-refractivity contribution in [1.82, 2.24) is 5.32 Å². The zero-order chi connectivity index (χ0) is 18.9. The van der Waals surface area contributed by atoms with Gasteiger partial charge in [0.1, 0.15) is 0 Å². The van der Waals surface area contributed by atoms with E-state index < -0.39 is 17.5 Å². The monoisotopic (exact) mass is 341 g/mol. The molecule has 0 aromatic heterocycles. The van der Waals surface area contributed by atoms with E-state index in [1.165, 1.54) is 0 Å². The molecule has 142 valence electrons. The van der Waals surface area contributed by atoms with E-state index in [9.17, 15) is 9.59 Å². The van der Waals surface area contributed by atoms with E-state index in [4.69, 9.17) is 11.5 Å². The topological polar surface area (TPSA) is 98.2 Å². The Hall–Kier alpha value is -0.940. The van der Waals surface area contributed by atoms with E-state index in [-0.39, 0.29) is 17.6 Å². The normalized spacial score (nSPS) is 15.9. The van der Waals surface area contributed by atoms with Crippen molar-refractivity contribution in [2.24, 2.45) is 28.7 Å². The van der Waals surface area contributed by atoms with Crippen LogP contribution < -0.4 is 16.8 Å². The molecule has 0 fully saturated rings. The van der Waals surface area contributed by atoms with Crippen molar-refractivity contribution in [3.63, 3.8) is 0 Å². The molecule has 0 rings (SSSR count). The molecule has 0 spiro atoms. The Morgan fingerprint density at radius 3 is 2.04 bits per heavy atom. The van der Waals surface area contributed by atoms with Crippen molar-refractivity contribution in [3.05, 3.63) is 0 Å². The number of carbonyl (C=O) groups excluding carboxylic acids is 2. The minimum Gasteiger partial charge on any atom is -0.345 e. The van der Waals surface area contributed by atoms with Crippen LogP contribution in [0.25, 0.3) is 0 Å². The number of nitrogens with two attached hydrogens (primary N) is 2. The molecule has 5 heteroatoms. The lowest BCUT2D eigenvalue weighted by Gasteiger charge is -2.28. The van der Waals surface area contributed by atoms with E-state index in [1.54, 1.807) is 0 Å². The summed E-state index contributed by atoms with van der Waals surface area (Å²) in [6, 6.07) is -1.05. The van der Waals surface area contributed by atoms with Crippen molar-refractivity contribution in [3.8, 4) is 0 Å². The predicted octanol–water partition coefficient (Wildman–Crippen LogP) is 2.62. The fourth-order valence-electron chi connectivity index (χ4n) is 2.59. The maximum absolute atomic E-state index is 12.6. The molecule has 3 atom stereocenters. The summed E-state index contributed by atoms with van der Waals surface area (Å²) >= 11 is 0. The molecule has 1 unspecified atom stereocenters. The summed E-state index contributed by atoms with van der Waals surface area (Å²) in [5.41, 5.74) is 11.2. The lowest BCUT2D eigenvalue weighted by molar-refractivity contribution is -0.133. The lowest BCUT2D eigenvalue weighted by atomic mass is 9.84. The molecule has 24 heavy (non-hydrogen) atoms. The van der Waals surface area contributed by atoms with Gasteiger partial charge in [-0.05, 0) is 44.1 Å². The first-order valence-corrected chi connectivity index (χ1v) is 9.31. The second-order valence-electron chi connectivity index (χ2n) is 8.43. The fraction of sp³-hybridized carbons (Fsp3) is 0.895. The van der Waals surface area contributed by atoms with Crippen LogP contribution in [0.4, 0.5) is 0 Å². The summed E-state index contributed by atoms with van der Waals surface area (Å²) in [4.78, 5) is 25.1. The SMILES string of the molecule is CC(C)CCC(C)[C@H](N)C(=O)N[C@@H](CCCCN)C(=O)C(C)(C)C. The maximum Gasteiger partial charge on any atom is 0.237 e. The van der Waals surface area contributed by atoms with Gasteiger partial charge in [0.2, 0.25) is 5.91 Å². The lowest BCUT2D eigenvalue weighted by Crippen LogP contribution is -2.52. The van der Waals surface area contributed by atoms with Gasteiger partial charge in [-0.2, -0.15) is 0 Å². The Kier molecular flexibility index (Phi) is 10.4. The number of rotatable bonds is 11. The molecule has 0 aromatic carbocycles. The van der Waals surface area contributed by atoms with E-state index in [1.807, 2.05) is 27.7 Å². The summed E-state index contributed by atoms with van der Waals surface area (Å²) in [7, 11) is 0. The van der Waals surface area contributed by atoms with Crippen LogP contribution in [0.1, 0.15) is 73.6 Å². The highest BCUT2D eigenvalue weighted by Gasteiger charge is 2.32. The summed E-state index contributed by atoms with van der Waals surface area (Å²) in [6.07, 6.45) is 4.24. The molecule has 0 bridgehead atoms. The number of hydrogen-bond acceptors (Lipinski definition) is 4. The first-order chi connectivity index (χ1) is 11.0. The minimum absolute atomic E-state index is 0.0508. The summed E-state index contributed by atoms with van der Waals surface area (Å²) in [6.45, 7) is 12.5. The van der Waals surface area contributed by atoms with Crippen LogP contribution in [0.2, 0.25) is 0 Å². The van der Waals surface area contributed by atoms with Gasteiger partial charge >= 0.3 is 0 Å². The highest BCUT2D eigenvalue weighted by Crippen LogP contribution is 2.20. The standard InChI is InChI=1S/C19H39N3O2/c1-13(2)10-11-14(3)16(21)18(24)22-15(9-7-8-12-20)17(23)19(4,5)6/h13-16H,7-12,20-21H2,1-6H3,(H,22,24)/t14?,15-,16-/m0/s1. The number of unbranched alkanes of at least 4 members (excludes halogenated alkanes) is 1. The third-order valence-electron chi connectivity index (χ3n) is 4.43. The number of ketones is 1. The van der Waals surface area contributed by atoms with Crippen LogP contribution >= 0.6 is 0 Å². The van der Waals surface area contributed by atoms with Crippen LogP contribution in [-0.2, 0) is 9.59 Å². The second-order valence-corrected chi connectivity index (χ2v) is 8.43. The highest BCUT2D eigenvalue weighted by atomic mass is 16.2. The molecule has 0 aromatic rings. The summed E-state index contributed by atoms with van der Waals surface area (Å²) < 4.78 is 0. The van der Waals surface area contributed by atoms with E-state index in [2.05, 4.69) is 19.2 Å². The van der Waals surface area contributed by atoms with Gasteiger partial charge in [0, 0.05) is 5.41 Å². The molecule has 1 amide bonds. The first kappa shape index (κ1) is 23.1. The van der Waals surface area contributed by atoms with Crippen molar-refractivity contribution < 1.29 is 9.59 Å². The third-order valence-corrected chi connectivity index (χ3v) is 4.43. The van der Waals surface area contributed by atoms with Gasteiger partial charge in [-0.15, -0.1) is 0 Å². The number of carbonyl (C=O) groups is 2. The van der Waals surface area contributed by atoms with E-state index >= 15 is 0 Å². The number of hydrogen-bond donors (Lipinski definition) is 3. The maximum atomic E-state index is 12.6. The first-order valence-electron chi connectivity index (χ1n) is 9.31. The molecule has 0 aliphatic rings. The van der Waals surface area contributed by atoms with Gasteiger partial charge in [-0.25, -0.2) is 0 Å². The molecule has 5 N–H and O–H groups in total. The van der Waals surface area contributed by atoms with Crippen LogP contribution in [-0.4, -0.2) is 30.3 Å². The Morgan fingerprint density at radius 1 is 1.00 bits per heavy atom. The molecular formula is C19H39N3O2. The van der Waals surface area contributed by atoms with E-state index in [0.717, 1.165) is 25.7 Å². The van der Waals surface area contributed by atoms with Crippen LogP contribution in [0.5, 0.6) is 0 Å². The van der Waals surface area contributed by atoms with Gasteiger partial charge in [0.05, 0.1) is 12.1 Å². The molecule has 0 radical (unpaired) electrons. The Morgan fingerprint density at radius 2 is 1.58 bits per heavy atom. The second kappa shape index (κ2) is 10.8. The van der Waals surface area contributed by atoms with Crippen LogP contribution in [0, 0.1) is 17.3 Å². The van der Waals surface area contributed by atoms with Crippen LogP contribution in [0.15, 0.2) is 0 Å². The van der Waals surface area contributed by atoms with Gasteiger partial charge in [0.15, 0.2) is 5.78 Å². The molecule has 0 saturated carbocycles. The number of amides is 1. The smallest absolute Gasteiger partial charge is 0.237 e. The zero-order valence-electron chi connectivity index (χ0n) is 16.5. The molecule has 0 aliphatic heterocycles. The zero-order valence-corrected chi connectivity index (χ0v) is 16.5.